The van der Waals surface area contributed by atoms with E-state index in [1.54, 1.807) is 18.4 Å². The van der Waals surface area contributed by atoms with Crippen molar-refractivity contribution in [2.24, 2.45) is 5.92 Å². The predicted octanol–water partition coefficient (Wildman–Crippen LogP) is 3.35. The van der Waals surface area contributed by atoms with Gasteiger partial charge < -0.3 is 20.5 Å². The molecule has 0 spiro atoms. The van der Waals surface area contributed by atoms with Crippen LogP contribution in [0.5, 0.6) is 5.75 Å². The molecule has 130 valence electrons. The van der Waals surface area contributed by atoms with Gasteiger partial charge in [-0.2, -0.15) is 11.3 Å². The van der Waals surface area contributed by atoms with E-state index in [-0.39, 0.29) is 18.6 Å². The highest BCUT2D eigenvalue weighted by Gasteiger charge is 2.12. The summed E-state index contributed by atoms with van der Waals surface area (Å²) in [6.45, 7) is 4.35. The summed E-state index contributed by atoms with van der Waals surface area (Å²) in [6, 6.07) is 5.51. The van der Waals surface area contributed by atoms with Gasteiger partial charge in [0.25, 0.3) is 0 Å². The summed E-state index contributed by atoms with van der Waals surface area (Å²) < 4.78 is 5.32. The number of methoxy groups -OCH3 is 1. The zero-order chi connectivity index (χ0) is 17.5. The Morgan fingerprint density at radius 3 is 2.58 bits per heavy atom. The molecule has 0 fully saturated rings. The topological polar surface area (TPSA) is 70.6 Å². The largest absolute Gasteiger partial charge is 0.496 e. The van der Waals surface area contributed by atoms with Gasteiger partial charge in [0.1, 0.15) is 5.75 Å². The van der Waals surface area contributed by atoms with Crippen LogP contribution in [0.25, 0.3) is 0 Å². The van der Waals surface area contributed by atoms with Crippen molar-refractivity contribution in [3.63, 3.8) is 0 Å². The Balaban J connectivity index is 1.88. The molecule has 2 aromatic rings. The molecule has 1 heterocycles. The maximum Gasteiger partial charge on any atom is 0.319 e. The summed E-state index contributed by atoms with van der Waals surface area (Å²) >= 11 is 1.63. The van der Waals surface area contributed by atoms with Gasteiger partial charge >= 0.3 is 6.03 Å². The third-order valence-electron chi connectivity index (χ3n) is 3.84. The molecule has 0 aliphatic rings. The van der Waals surface area contributed by atoms with Gasteiger partial charge in [0.15, 0.2) is 0 Å². The van der Waals surface area contributed by atoms with Crippen molar-refractivity contribution in [1.29, 1.82) is 0 Å². The Kier molecular flexibility index (Phi) is 6.63. The number of urea groups is 1. The first-order valence-corrected chi connectivity index (χ1v) is 8.79. The van der Waals surface area contributed by atoms with Crippen LogP contribution in [0.4, 0.5) is 10.5 Å². The van der Waals surface area contributed by atoms with Crippen molar-refractivity contribution < 1.29 is 14.6 Å². The molecule has 24 heavy (non-hydrogen) atoms. The number of ether oxygens (including phenoxy) is 1. The van der Waals surface area contributed by atoms with Gasteiger partial charge in [-0.1, -0.05) is 0 Å². The highest BCUT2D eigenvalue weighted by molar-refractivity contribution is 7.07. The van der Waals surface area contributed by atoms with E-state index >= 15 is 0 Å². The number of anilines is 1. The van der Waals surface area contributed by atoms with Crippen molar-refractivity contribution in [1.82, 2.24) is 5.32 Å². The highest BCUT2D eigenvalue weighted by atomic mass is 32.1. The van der Waals surface area contributed by atoms with Crippen LogP contribution >= 0.6 is 11.3 Å². The molecule has 0 saturated carbocycles. The second-order valence-corrected chi connectivity index (χ2v) is 6.64. The molecular weight excluding hydrogens is 324 g/mol. The normalized spacial score (nSPS) is 11.8. The molecule has 0 aliphatic carbocycles. The summed E-state index contributed by atoms with van der Waals surface area (Å²) in [5.41, 5.74) is 3.85. The third-order valence-corrected chi connectivity index (χ3v) is 4.57. The van der Waals surface area contributed by atoms with E-state index in [1.807, 2.05) is 37.4 Å². The van der Waals surface area contributed by atoms with E-state index in [0.717, 1.165) is 29.0 Å². The Bertz CT molecular complexity index is 648. The maximum atomic E-state index is 12.1. The van der Waals surface area contributed by atoms with Gasteiger partial charge in [-0.15, -0.1) is 0 Å². The molecule has 0 aliphatic heterocycles. The zero-order valence-electron chi connectivity index (χ0n) is 14.3. The van der Waals surface area contributed by atoms with E-state index in [9.17, 15) is 9.90 Å². The minimum atomic E-state index is -0.275. The molecule has 2 rings (SSSR count). The van der Waals surface area contributed by atoms with E-state index in [0.29, 0.717) is 6.54 Å². The number of amides is 2. The molecule has 0 radical (unpaired) electrons. The number of hydrogen-bond acceptors (Lipinski definition) is 4. The quantitative estimate of drug-likeness (QED) is 0.719. The SMILES string of the molecule is COc1c(C)cc(NC(=O)NC[C@H](CO)Cc2ccsc2)cc1C. The van der Waals surface area contributed by atoms with Gasteiger partial charge in [-0.05, 0) is 65.9 Å². The van der Waals surface area contributed by atoms with Crippen LogP contribution < -0.4 is 15.4 Å². The van der Waals surface area contributed by atoms with Gasteiger partial charge in [-0.25, -0.2) is 4.79 Å². The van der Waals surface area contributed by atoms with Crippen LogP contribution in [0.15, 0.2) is 29.0 Å². The summed E-state index contributed by atoms with van der Waals surface area (Å²) in [5, 5.41) is 19.2. The average molecular weight is 348 g/mol. The summed E-state index contributed by atoms with van der Waals surface area (Å²) in [5.74, 6) is 0.835. The highest BCUT2D eigenvalue weighted by Crippen LogP contribution is 2.26. The van der Waals surface area contributed by atoms with Crippen LogP contribution in [0.3, 0.4) is 0 Å². The number of aliphatic hydroxyl groups is 1. The van der Waals surface area contributed by atoms with Gasteiger partial charge in [0.2, 0.25) is 0 Å². The van der Waals surface area contributed by atoms with Crippen molar-refractivity contribution in [2.45, 2.75) is 20.3 Å². The monoisotopic (exact) mass is 348 g/mol. The van der Waals surface area contributed by atoms with Crippen LogP contribution in [0, 0.1) is 19.8 Å². The van der Waals surface area contributed by atoms with Gasteiger partial charge in [0, 0.05) is 24.8 Å². The third kappa shape index (κ3) is 4.97. The number of carbonyl (C=O) groups excluding carboxylic acids is 1. The fraction of sp³-hybridized carbons (Fsp3) is 0.389. The molecular formula is C18H24N2O3S. The van der Waals surface area contributed by atoms with E-state index in [1.165, 1.54) is 5.56 Å². The van der Waals surface area contributed by atoms with Crippen molar-refractivity contribution in [3.05, 3.63) is 45.6 Å². The smallest absolute Gasteiger partial charge is 0.319 e. The van der Waals surface area contributed by atoms with Crippen molar-refractivity contribution in [2.75, 3.05) is 25.6 Å². The summed E-state index contributed by atoms with van der Waals surface area (Å²) in [7, 11) is 1.64. The Hall–Kier alpha value is -2.05. The maximum absolute atomic E-state index is 12.1. The molecule has 1 atom stereocenters. The minimum absolute atomic E-state index is 0.00434. The van der Waals surface area contributed by atoms with E-state index < -0.39 is 0 Å². The molecule has 5 nitrogen and oxygen atoms in total. The van der Waals surface area contributed by atoms with Crippen LogP contribution in [-0.2, 0) is 6.42 Å². The number of nitrogens with one attached hydrogen (secondary N) is 2. The molecule has 1 aromatic heterocycles. The number of aryl methyl sites for hydroxylation is 2. The van der Waals surface area contributed by atoms with Gasteiger partial charge in [-0.3, -0.25) is 0 Å². The Labute approximate surface area is 146 Å². The lowest BCUT2D eigenvalue weighted by atomic mass is 10.0. The fourth-order valence-electron chi connectivity index (χ4n) is 2.70. The number of rotatable bonds is 7. The zero-order valence-corrected chi connectivity index (χ0v) is 15.1. The second-order valence-electron chi connectivity index (χ2n) is 5.86. The lowest BCUT2D eigenvalue weighted by molar-refractivity contribution is 0.218. The standard InChI is InChI=1S/C18H24N2O3S/c1-12-6-16(7-13(2)17(12)23-3)20-18(22)19-9-15(10-21)8-14-4-5-24-11-14/h4-7,11,15,21H,8-10H2,1-3H3,(H2,19,20,22)/t15-/m1/s1. The average Bonchev–Trinajstić information content (AvgIpc) is 3.04. The second kappa shape index (κ2) is 8.70. The Morgan fingerprint density at radius 2 is 2.04 bits per heavy atom. The predicted molar refractivity (Wildman–Crippen MR) is 98.1 cm³/mol. The van der Waals surface area contributed by atoms with Crippen LogP contribution in [0.2, 0.25) is 0 Å². The lowest BCUT2D eigenvalue weighted by Crippen LogP contribution is -2.35. The first kappa shape index (κ1) is 18.3. The molecule has 0 saturated heterocycles. The first-order chi connectivity index (χ1) is 11.5. The number of aliphatic hydroxyl groups excluding tert-OH is 1. The lowest BCUT2D eigenvalue weighted by Gasteiger charge is -2.16. The number of hydrogen-bond donors (Lipinski definition) is 3. The molecule has 3 N–H and O–H groups in total. The molecule has 6 heteroatoms. The molecule has 0 unspecified atom stereocenters. The van der Waals surface area contributed by atoms with E-state index in [4.69, 9.17) is 4.74 Å². The van der Waals surface area contributed by atoms with Crippen LogP contribution in [0.1, 0.15) is 16.7 Å². The summed E-state index contributed by atoms with van der Waals surface area (Å²) in [6.07, 6.45) is 0.751. The number of carbonyl (C=O) groups is 1. The Morgan fingerprint density at radius 1 is 1.33 bits per heavy atom. The minimum Gasteiger partial charge on any atom is -0.496 e. The van der Waals surface area contributed by atoms with Crippen LogP contribution in [-0.4, -0.2) is 31.4 Å². The summed E-state index contributed by atoms with van der Waals surface area (Å²) in [4.78, 5) is 12.1. The fourth-order valence-corrected chi connectivity index (χ4v) is 3.38. The molecule has 1 aromatic carbocycles. The van der Waals surface area contributed by atoms with Gasteiger partial charge in [0.05, 0.1) is 7.11 Å². The number of benzene rings is 1. The first-order valence-electron chi connectivity index (χ1n) is 7.85. The van der Waals surface area contributed by atoms with Crippen molar-refractivity contribution >= 4 is 23.1 Å². The number of thiophene rings is 1. The van der Waals surface area contributed by atoms with Crippen molar-refractivity contribution in [3.8, 4) is 5.75 Å². The molecule has 2 amide bonds. The van der Waals surface area contributed by atoms with E-state index in [2.05, 4.69) is 16.0 Å². The molecule has 0 bridgehead atoms.